The van der Waals surface area contributed by atoms with Crippen LogP contribution in [-0.4, -0.2) is 17.1 Å². The largest absolute Gasteiger partial charge is 0.492 e. The summed E-state index contributed by atoms with van der Waals surface area (Å²) in [5, 5.41) is 4.48. The van der Waals surface area contributed by atoms with Crippen LogP contribution >= 0.6 is 15.9 Å². The number of rotatable bonds is 4. The van der Waals surface area contributed by atoms with Gasteiger partial charge in [-0.1, -0.05) is 33.2 Å². The summed E-state index contributed by atoms with van der Waals surface area (Å²) in [6.45, 7) is 0.630. The molecule has 1 heterocycles. The first-order valence-corrected chi connectivity index (χ1v) is 5.73. The van der Waals surface area contributed by atoms with Crippen LogP contribution in [0.5, 0.6) is 5.75 Å². The molecule has 15 heavy (non-hydrogen) atoms. The van der Waals surface area contributed by atoms with Crippen molar-refractivity contribution in [1.82, 2.24) is 5.16 Å². The number of aromatic nitrogens is 1. The minimum Gasteiger partial charge on any atom is -0.492 e. The smallest absolute Gasteiger partial charge is 0.170 e. The van der Waals surface area contributed by atoms with Crippen LogP contribution in [0.4, 0.5) is 0 Å². The average molecular weight is 268 g/mol. The monoisotopic (exact) mass is 267 g/mol. The summed E-state index contributed by atoms with van der Waals surface area (Å²) in [7, 11) is 0. The molecule has 0 spiro atoms. The maximum atomic E-state index is 5.58. The molecule has 78 valence electrons. The molecule has 2 rings (SSSR count). The Balaban J connectivity index is 2.30. The first kappa shape index (κ1) is 10.2. The second-order valence-electron chi connectivity index (χ2n) is 2.91. The summed E-state index contributed by atoms with van der Waals surface area (Å²) >= 11 is 3.32. The number of hydrogen-bond donors (Lipinski definition) is 0. The minimum absolute atomic E-state index is 0.630. The molecule has 1 aromatic carbocycles. The molecule has 2 aromatic rings. The van der Waals surface area contributed by atoms with Crippen molar-refractivity contribution in [3.8, 4) is 17.1 Å². The van der Waals surface area contributed by atoms with Gasteiger partial charge in [-0.2, -0.15) is 0 Å². The van der Waals surface area contributed by atoms with Gasteiger partial charge >= 0.3 is 0 Å². The van der Waals surface area contributed by atoms with E-state index in [-0.39, 0.29) is 0 Å². The van der Waals surface area contributed by atoms with Gasteiger partial charge in [0.2, 0.25) is 0 Å². The van der Waals surface area contributed by atoms with E-state index in [0.717, 1.165) is 22.4 Å². The number of ether oxygens (including phenoxy) is 1. The molecule has 0 saturated carbocycles. The van der Waals surface area contributed by atoms with Crippen molar-refractivity contribution < 1.29 is 9.26 Å². The molecule has 0 aliphatic rings. The lowest BCUT2D eigenvalue weighted by Crippen LogP contribution is -1.98. The van der Waals surface area contributed by atoms with Gasteiger partial charge in [0.25, 0.3) is 0 Å². The van der Waals surface area contributed by atoms with Gasteiger partial charge in [-0.05, 0) is 12.1 Å². The van der Waals surface area contributed by atoms with Crippen LogP contribution in [0.25, 0.3) is 11.3 Å². The summed E-state index contributed by atoms with van der Waals surface area (Å²) in [4.78, 5) is 0. The molecule has 3 nitrogen and oxygen atoms in total. The fourth-order valence-electron chi connectivity index (χ4n) is 1.30. The Kier molecular flexibility index (Phi) is 3.40. The summed E-state index contributed by atoms with van der Waals surface area (Å²) in [5.41, 5.74) is 0.927. The zero-order valence-electron chi connectivity index (χ0n) is 8.02. The van der Waals surface area contributed by atoms with E-state index in [1.807, 2.05) is 30.3 Å². The number of alkyl halides is 1. The molecule has 0 unspecified atom stereocenters. The van der Waals surface area contributed by atoms with Crippen molar-refractivity contribution in [1.29, 1.82) is 0 Å². The second-order valence-corrected chi connectivity index (χ2v) is 3.70. The lowest BCUT2D eigenvalue weighted by atomic mass is 10.1. The van der Waals surface area contributed by atoms with Gasteiger partial charge in [0.15, 0.2) is 5.76 Å². The van der Waals surface area contributed by atoms with E-state index in [9.17, 15) is 0 Å². The highest BCUT2D eigenvalue weighted by molar-refractivity contribution is 9.09. The van der Waals surface area contributed by atoms with Crippen LogP contribution < -0.4 is 4.74 Å². The molecule has 0 aliphatic heterocycles. The normalized spacial score (nSPS) is 10.2. The second kappa shape index (κ2) is 4.98. The Morgan fingerprint density at radius 2 is 2.13 bits per heavy atom. The van der Waals surface area contributed by atoms with Crippen molar-refractivity contribution in [2.75, 3.05) is 11.9 Å². The predicted molar refractivity (Wildman–Crippen MR) is 61.2 cm³/mol. The Morgan fingerprint density at radius 3 is 2.87 bits per heavy atom. The van der Waals surface area contributed by atoms with Gasteiger partial charge in [-0.25, -0.2) is 0 Å². The Bertz CT molecular complexity index is 414. The minimum atomic E-state index is 0.630. The lowest BCUT2D eigenvalue weighted by molar-refractivity contribution is 0.344. The summed E-state index contributed by atoms with van der Waals surface area (Å²) in [6.07, 6.45) is 1.62. The third kappa shape index (κ3) is 2.39. The summed E-state index contributed by atoms with van der Waals surface area (Å²) in [6, 6.07) is 9.56. The number of para-hydroxylation sites is 1. The molecular weight excluding hydrogens is 258 g/mol. The highest BCUT2D eigenvalue weighted by Crippen LogP contribution is 2.29. The molecule has 0 aliphatic carbocycles. The fraction of sp³-hybridized carbons (Fsp3) is 0.182. The third-order valence-corrected chi connectivity index (χ3v) is 2.25. The molecule has 1 aromatic heterocycles. The van der Waals surface area contributed by atoms with E-state index in [1.165, 1.54) is 0 Å². The van der Waals surface area contributed by atoms with E-state index in [4.69, 9.17) is 9.26 Å². The standard InChI is InChI=1S/C11H10BrNO2/c12-6-8-14-10-4-2-1-3-9(10)11-5-7-13-15-11/h1-5,7H,6,8H2. The Hall–Kier alpha value is -1.29. The van der Waals surface area contributed by atoms with Gasteiger partial charge < -0.3 is 9.26 Å². The van der Waals surface area contributed by atoms with Crippen LogP contribution in [-0.2, 0) is 0 Å². The predicted octanol–water partition coefficient (Wildman–Crippen LogP) is 3.12. The third-order valence-electron chi connectivity index (χ3n) is 1.93. The van der Waals surface area contributed by atoms with E-state index in [0.29, 0.717) is 6.61 Å². The highest BCUT2D eigenvalue weighted by atomic mass is 79.9. The fourth-order valence-corrected chi connectivity index (χ4v) is 1.46. The molecule has 0 amide bonds. The SMILES string of the molecule is BrCCOc1ccccc1-c1ccno1. The Labute approximate surface area is 96.2 Å². The van der Waals surface area contributed by atoms with Crippen LogP contribution in [0.2, 0.25) is 0 Å². The first-order valence-electron chi connectivity index (χ1n) is 4.60. The number of halogens is 1. The van der Waals surface area contributed by atoms with Crippen molar-refractivity contribution >= 4 is 15.9 Å². The zero-order chi connectivity index (χ0) is 10.5. The van der Waals surface area contributed by atoms with Gasteiger partial charge in [0.1, 0.15) is 5.75 Å². The van der Waals surface area contributed by atoms with Crippen molar-refractivity contribution in [3.63, 3.8) is 0 Å². The van der Waals surface area contributed by atoms with Crippen LogP contribution in [0.3, 0.4) is 0 Å². The van der Waals surface area contributed by atoms with Gasteiger partial charge in [-0.3, -0.25) is 0 Å². The van der Waals surface area contributed by atoms with Crippen molar-refractivity contribution in [2.45, 2.75) is 0 Å². The average Bonchev–Trinajstić information content (AvgIpc) is 2.80. The molecule has 4 heteroatoms. The summed E-state index contributed by atoms with van der Waals surface area (Å²) < 4.78 is 10.7. The van der Waals surface area contributed by atoms with Crippen molar-refractivity contribution in [3.05, 3.63) is 36.5 Å². The maximum absolute atomic E-state index is 5.58. The van der Waals surface area contributed by atoms with Gasteiger partial charge in [0.05, 0.1) is 18.4 Å². The highest BCUT2D eigenvalue weighted by Gasteiger charge is 2.08. The topological polar surface area (TPSA) is 35.3 Å². The van der Waals surface area contributed by atoms with Crippen LogP contribution in [0, 0.1) is 0 Å². The zero-order valence-corrected chi connectivity index (χ0v) is 9.61. The van der Waals surface area contributed by atoms with E-state index in [2.05, 4.69) is 21.1 Å². The molecular formula is C11H10BrNO2. The molecule has 0 atom stereocenters. The van der Waals surface area contributed by atoms with Crippen LogP contribution in [0.1, 0.15) is 0 Å². The van der Waals surface area contributed by atoms with E-state index >= 15 is 0 Å². The molecule has 0 bridgehead atoms. The summed E-state index contributed by atoms with van der Waals surface area (Å²) in [5.74, 6) is 1.54. The quantitative estimate of drug-likeness (QED) is 0.799. The number of hydrogen-bond acceptors (Lipinski definition) is 3. The maximum Gasteiger partial charge on any atom is 0.170 e. The van der Waals surface area contributed by atoms with Crippen LogP contribution in [0.15, 0.2) is 41.1 Å². The Morgan fingerprint density at radius 1 is 1.27 bits per heavy atom. The molecule has 0 radical (unpaired) electrons. The lowest BCUT2D eigenvalue weighted by Gasteiger charge is -2.07. The molecule has 0 saturated heterocycles. The van der Waals surface area contributed by atoms with E-state index < -0.39 is 0 Å². The molecule has 0 fully saturated rings. The van der Waals surface area contributed by atoms with Gasteiger partial charge in [0, 0.05) is 11.4 Å². The first-order chi connectivity index (χ1) is 7.42. The number of nitrogens with zero attached hydrogens (tertiary/aromatic N) is 1. The van der Waals surface area contributed by atoms with Gasteiger partial charge in [-0.15, -0.1) is 0 Å². The molecule has 0 N–H and O–H groups in total. The van der Waals surface area contributed by atoms with Crippen molar-refractivity contribution in [2.24, 2.45) is 0 Å². The number of benzene rings is 1. The van der Waals surface area contributed by atoms with E-state index in [1.54, 1.807) is 6.20 Å².